The van der Waals surface area contributed by atoms with Crippen LogP contribution in [0.3, 0.4) is 0 Å². The number of ether oxygens (including phenoxy) is 1. The highest BCUT2D eigenvalue weighted by molar-refractivity contribution is 5.87. The largest absolute Gasteiger partial charge is 0.504 e. The zero-order valence-electron chi connectivity index (χ0n) is 16.0. The molecule has 1 aromatic rings. The van der Waals surface area contributed by atoms with Gasteiger partial charge in [-0.2, -0.15) is 0 Å². The van der Waals surface area contributed by atoms with Crippen LogP contribution in [0.2, 0.25) is 0 Å². The molecule has 0 heterocycles. The van der Waals surface area contributed by atoms with Crippen molar-refractivity contribution < 1.29 is 19.7 Å². The summed E-state index contributed by atoms with van der Waals surface area (Å²) in [7, 11) is 1.42. The normalized spacial score (nSPS) is 27.5. The van der Waals surface area contributed by atoms with Gasteiger partial charge in [-0.15, -0.1) is 0 Å². The minimum atomic E-state index is -0.860. The molecule has 2 aliphatic rings. The molecule has 4 heteroatoms. The molecule has 0 spiro atoms. The standard InChI is InChI=1S/C21H30O4/c1-12(2)14-11-13-7-8-15-20(3,4)9-6-10-21(15,19(24)25-5)16(13)18(23)17(14)22/h11-12,15,22-23H,6-10H2,1-5H3/t15?,21-/m1/s1. The number of esters is 1. The Hall–Kier alpha value is -1.71. The Morgan fingerprint density at radius 2 is 1.92 bits per heavy atom. The van der Waals surface area contributed by atoms with Crippen LogP contribution in [0, 0.1) is 11.3 Å². The molecule has 2 atom stereocenters. The van der Waals surface area contributed by atoms with Crippen molar-refractivity contribution in [2.75, 3.05) is 7.11 Å². The van der Waals surface area contributed by atoms with Gasteiger partial charge in [0.05, 0.1) is 7.11 Å². The van der Waals surface area contributed by atoms with Gasteiger partial charge in [0.25, 0.3) is 0 Å². The maximum absolute atomic E-state index is 13.0. The second kappa shape index (κ2) is 5.93. The van der Waals surface area contributed by atoms with Crippen molar-refractivity contribution >= 4 is 5.97 Å². The van der Waals surface area contributed by atoms with E-state index in [0.717, 1.165) is 36.8 Å². The van der Waals surface area contributed by atoms with Crippen LogP contribution in [0.5, 0.6) is 11.5 Å². The zero-order chi connectivity index (χ0) is 18.6. The second-order valence-corrected chi connectivity index (χ2v) is 8.75. The minimum Gasteiger partial charge on any atom is -0.504 e. The highest BCUT2D eigenvalue weighted by Gasteiger charge is 2.59. The third-order valence-corrected chi connectivity index (χ3v) is 6.64. The maximum atomic E-state index is 13.0. The molecule has 4 nitrogen and oxygen atoms in total. The molecule has 2 N–H and O–H groups in total. The third-order valence-electron chi connectivity index (χ3n) is 6.64. The first-order valence-electron chi connectivity index (χ1n) is 9.33. The van der Waals surface area contributed by atoms with E-state index >= 15 is 0 Å². The summed E-state index contributed by atoms with van der Waals surface area (Å²) >= 11 is 0. The minimum absolute atomic E-state index is 0.0110. The summed E-state index contributed by atoms with van der Waals surface area (Å²) in [5.41, 5.74) is 1.47. The van der Waals surface area contributed by atoms with Gasteiger partial charge in [0.2, 0.25) is 0 Å². The number of rotatable bonds is 2. The molecule has 3 rings (SSSR count). The molecule has 1 fully saturated rings. The summed E-state index contributed by atoms with van der Waals surface area (Å²) in [6.45, 7) is 8.40. The van der Waals surface area contributed by atoms with Crippen LogP contribution in [0.15, 0.2) is 6.07 Å². The van der Waals surface area contributed by atoms with Crippen molar-refractivity contribution in [3.63, 3.8) is 0 Å². The number of phenolic OH excluding ortho intramolecular Hbond substituents is 2. The van der Waals surface area contributed by atoms with Gasteiger partial charge in [-0.05, 0) is 48.5 Å². The molecule has 0 amide bonds. The van der Waals surface area contributed by atoms with Gasteiger partial charge in [0, 0.05) is 11.1 Å². The van der Waals surface area contributed by atoms with Crippen molar-refractivity contribution in [3.05, 3.63) is 22.8 Å². The van der Waals surface area contributed by atoms with E-state index in [2.05, 4.69) is 13.8 Å². The van der Waals surface area contributed by atoms with Crippen molar-refractivity contribution in [2.45, 2.75) is 71.1 Å². The Balaban J connectivity index is 2.31. The first-order valence-corrected chi connectivity index (χ1v) is 9.33. The van der Waals surface area contributed by atoms with Gasteiger partial charge in [-0.3, -0.25) is 4.79 Å². The lowest BCUT2D eigenvalue weighted by Crippen LogP contribution is -2.54. The van der Waals surface area contributed by atoms with E-state index in [9.17, 15) is 15.0 Å². The van der Waals surface area contributed by atoms with E-state index in [0.29, 0.717) is 12.0 Å². The van der Waals surface area contributed by atoms with Gasteiger partial charge >= 0.3 is 5.97 Å². The van der Waals surface area contributed by atoms with Crippen molar-refractivity contribution in [2.24, 2.45) is 11.3 Å². The Labute approximate surface area is 150 Å². The molecule has 0 radical (unpaired) electrons. The Kier molecular flexibility index (Phi) is 4.29. The summed E-state index contributed by atoms with van der Waals surface area (Å²) in [5.74, 6) is -0.275. The number of aryl methyl sites for hydroxylation is 1. The number of carbonyl (C=O) groups is 1. The molecule has 0 bridgehead atoms. The maximum Gasteiger partial charge on any atom is 0.316 e. The summed E-state index contributed by atoms with van der Waals surface area (Å²) in [6, 6.07) is 1.98. The fraction of sp³-hybridized carbons (Fsp3) is 0.667. The van der Waals surface area contributed by atoms with E-state index in [-0.39, 0.29) is 34.7 Å². The SMILES string of the molecule is COC(=O)[C@]12CCCC(C)(C)C1CCc1cc(C(C)C)c(O)c(O)c12. The van der Waals surface area contributed by atoms with Gasteiger partial charge in [0.1, 0.15) is 5.41 Å². The fourth-order valence-corrected chi connectivity index (χ4v) is 5.47. The number of aromatic hydroxyl groups is 2. The lowest BCUT2D eigenvalue weighted by Gasteiger charge is -2.54. The zero-order valence-corrected chi connectivity index (χ0v) is 16.0. The average Bonchev–Trinajstić information content (AvgIpc) is 2.55. The first-order chi connectivity index (χ1) is 11.7. The quantitative estimate of drug-likeness (QED) is 0.615. The molecule has 0 saturated heterocycles. The van der Waals surface area contributed by atoms with Crippen LogP contribution in [-0.2, 0) is 21.4 Å². The van der Waals surface area contributed by atoms with E-state index in [1.54, 1.807) is 0 Å². The first kappa shape index (κ1) is 18.1. The smallest absolute Gasteiger partial charge is 0.316 e. The summed E-state index contributed by atoms with van der Waals surface area (Å²) < 4.78 is 5.24. The average molecular weight is 346 g/mol. The van der Waals surface area contributed by atoms with Crippen molar-refractivity contribution in [1.29, 1.82) is 0 Å². The summed E-state index contributed by atoms with van der Waals surface area (Å²) in [6.07, 6.45) is 4.34. The summed E-state index contributed by atoms with van der Waals surface area (Å²) in [4.78, 5) is 13.0. The predicted octanol–water partition coefficient (Wildman–Crippen LogP) is 4.40. The topological polar surface area (TPSA) is 66.8 Å². The number of methoxy groups -OCH3 is 1. The van der Waals surface area contributed by atoms with Crippen LogP contribution >= 0.6 is 0 Å². The molecule has 1 saturated carbocycles. The molecule has 1 aromatic carbocycles. The van der Waals surface area contributed by atoms with Gasteiger partial charge < -0.3 is 14.9 Å². The lowest BCUT2D eigenvalue weighted by atomic mass is 9.49. The Morgan fingerprint density at radius 1 is 1.24 bits per heavy atom. The molecule has 2 aliphatic carbocycles. The molecular formula is C21H30O4. The number of phenols is 2. The van der Waals surface area contributed by atoms with E-state index in [1.165, 1.54) is 7.11 Å². The number of hydrogen-bond donors (Lipinski definition) is 2. The summed E-state index contributed by atoms with van der Waals surface area (Å²) in [5, 5.41) is 21.5. The molecule has 1 unspecified atom stereocenters. The van der Waals surface area contributed by atoms with E-state index in [4.69, 9.17) is 4.74 Å². The molecule has 138 valence electrons. The molecule has 0 aliphatic heterocycles. The highest BCUT2D eigenvalue weighted by atomic mass is 16.5. The fourth-order valence-electron chi connectivity index (χ4n) is 5.47. The van der Waals surface area contributed by atoms with E-state index in [1.807, 2.05) is 19.9 Å². The van der Waals surface area contributed by atoms with Gasteiger partial charge in [-0.1, -0.05) is 40.2 Å². The Morgan fingerprint density at radius 3 is 2.52 bits per heavy atom. The second-order valence-electron chi connectivity index (χ2n) is 8.75. The number of hydrogen-bond acceptors (Lipinski definition) is 4. The number of fused-ring (bicyclic) bond motifs is 3. The van der Waals surface area contributed by atoms with Crippen LogP contribution in [-0.4, -0.2) is 23.3 Å². The highest BCUT2D eigenvalue weighted by Crippen LogP contribution is 2.61. The third kappa shape index (κ3) is 2.44. The van der Waals surface area contributed by atoms with Gasteiger partial charge in [0.15, 0.2) is 11.5 Å². The van der Waals surface area contributed by atoms with Crippen LogP contribution < -0.4 is 0 Å². The molecule has 25 heavy (non-hydrogen) atoms. The number of carbonyl (C=O) groups excluding carboxylic acids is 1. The monoisotopic (exact) mass is 346 g/mol. The van der Waals surface area contributed by atoms with E-state index < -0.39 is 5.41 Å². The predicted molar refractivity (Wildman–Crippen MR) is 97.0 cm³/mol. The van der Waals surface area contributed by atoms with Crippen molar-refractivity contribution in [1.82, 2.24) is 0 Å². The lowest BCUT2D eigenvalue weighted by molar-refractivity contribution is -0.156. The van der Waals surface area contributed by atoms with Crippen LogP contribution in [0.25, 0.3) is 0 Å². The van der Waals surface area contributed by atoms with Gasteiger partial charge in [-0.25, -0.2) is 0 Å². The van der Waals surface area contributed by atoms with Crippen LogP contribution in [0.4, 0.5) is 0 Å². The molecule has 0 aromatic heterocycles. The number of benzene rings is 1. The van der Waals surface area contributed by atoms with Crippen molar-refractivity contribution in [3.8, 4) is 11.5 Å². The Bertz CT molecular complexity index is 704. The molecular weight excluding hydrogens is 316 g/mol. The van der Waals surface area contributed by atoms with Crippen LogP contribution in [0.1, 0.15) is 76.0 Å².